The van der Waals surface area contributed by atoms with Gasteiger partial charge in [0, 0.05) is 6.54 Å². The summed E-state index contributed by atoms with van der Waals surface area (Å²) in [6, 6.07) is 0. The highest BCUT2D eigenvalue weighted by atomic mass is 16.4. The Morgan fingerprint density at radius 2 is 1.93 bits per heavy atom. The van der Waals surface area contributed by atoms with Gasteiger partial charge in [0.2, 0.25) is 5.91 Å². The number of nitrogens with zero attached hydrogens (tertiary/aromatic N) is 1. The van der Waals surface area contributed by atoms with Gasteiger partial charge in [0.05, 0.1) is 13.1 Å². The van der Waals surface area contributed by atoms with Gasteiger partial charge in [-0.25, -0.2) is 0 Å². The third-order valence-electron chi connectivity index (χ3n) is 1.75. The molecule has 5 heteroatoms. The molecule has 0 aromatic carbocycles. The molecular formula is C9H18N2O3. The van der Waals surface area contributed by atoms with Crippen LogP contribution in [0.1, 0.15) is 20.3 Å². The van der Waals surface area contributed by atoms with Gasteiger partial charge < -0.3 is 10.4 Å². The minimum Gasteiger partial charge on any atom is -0.480 e. The minimum atomic E-state index is -0.907. The number of carboxylic acid groups (broad SMARTS) is 1. The normalized spacial score (nSPS) is 10.2. The minimum absolute atomic E-state index is 0.0873. The van der Waals surface area contributed by atoms with Gasteiger partial charge >= 0.3 is 5.97 Å². The molecule has 0 heterocycles. The fourth-order valence-electron chi connectivity index (χ4n) is 0.994. The second-order valence-corrected chi connectivity index (χ2v) is 3.05. The number of carbonyl (C=O) groups excluding carboxylic acids is 1. The lowest BCUT2D eigenvalue weighted by molar-refractivity contribution is -0.138. The van der Waals surface area contributed by atoms with Gasteiger partial charge in [-0.2, -0.15) is 0 Å². The van der Waals surface area contributed by atoms with Crippen molar-refractivity contribution in [3.63, 3.8) is 0 Å². The molecule has 0 aliphatic heterocycles. The molecule has 0 unspecified atom stereocenters. The van der Waals surface area contributed by atoms with E-state index in [2.05, 4.69) is 5.32 Å². The van der Waals surface area contributed by atoms with Gasteiger partial charge in [-0.15, -0.1) is 0 Å². The number of rotatable bonds is 7. The zero-order valence-electron chi connectivity index (χ0n) is 8.75. The molecule has 0 spiro atoms. The summed E-state index contributed by atoms with van der Waals surface area (Å²) in [7, 11) is 0. The van der Waals surface area contributed by atoms with Crippen molar-refractivity contribution in [2.24, 2.45) is 0 Å². The summed E-state index contributed by atoms with van der Waals surface area (Å²) in [6.45, 7) is 5.07. The number of nitrogens with one attached hydrogen (secondary N) is 1. The maximum absolute atomic E-state index is 11.2. The van der Waals surface area contributed by atoms with E-state index in [1.54, 1.807) is 4.90 Å². The highest BCUT2D eigenvalue weighted by molar-refractivity contribution is 5.78. The van der Waals surface area contributed by atoms with E-state index in [-0.39, 0.29) is 19.0 Å². The Hall–Kier alpha value is -1.10. The van der Waals surface area contributed by atoms with Crippen molar-refractivity contribution < 1.29 is 14.7 Å². The number of hydrogen-bond donors (Lipinski definition) is 2. The van der Waals surface area contributed by atoms with Crippen molar-refractivity contribution >= 4 is 11.9 Å². The van der Waals surface area contributed by atoms with Crippen LogP contribution in [0.4, 0.5) is 0 Å². The monoisotopic (exact) mass is 202 g/mol. The molecule has 82 valence electrons. The molecule has 0 atom stereocenters. The van der Waals surface area contributed by atoms with Crippen LogP contribution in [-0.4, -0.2) is 48.1 Å². The molecule has 0 aliphatic rings. The molecule has 0 radical (unpaired) electrons. The Labute approximate surface area is 84.1 Å². The lowest BCUT2D eigenvalue weighted by Crippen LogP contribution is -2.39. The third-order valence-corrected chi connectivity index (χ3v) is 1.75. The van der Waals surface area contributed by atoms with E-state index in [4.69, 9.17) is 5.11 Å². The third kappa shape index (κ3) is 6.42. The topological polar surface area (TPSA) is 69.6 Å². The largest absolute Gasteiger partial charge is 0.480 e. The van der Waals surface area contributed by atoms with Crippen LogP contribution in [0.2, 0.25) is 0 Å². The van der Waals surface area contributed by atoms with Crippen molar-refractivity contribution in [1.29, 1.82) is 0 Å². The van der Waals surface area contributed by atoms with Crippen LogP contribution in [0.3, 0.4) is 0 Å². The molecule has 0 fully saturated rings. The molecule has 0 bridgehead atoms. The summed E-state index contributed by atoms with van der Waals surface area (Å²) in [4.78, 5) is 23.2. The molecule has 0 aromatic rings. The molecule has 5 nitrogen and oxygen atoms in total. The number of carboxylic acids is 1. The average molecular weight is 202 g/mol. The number of carbonyl (C=O) groups is 2. The van der Waals surface area contributed by atoms with Crippen molar-refractivity contribution in [3.8, 4) is 0 Å². The van der Waals surface area contributed by atoms with E-state index in [1.165, 1.54) is 0 Å². The molecule has 0 rings (SSSR count). The van der Waals surface area contributed by atoms with Gasteiger partial charge in [-0.3, -0.25) is 14.5 Å². The van der Waals surface area contributed by atoms with Crippen LogP contribution in [0, 0.1) is 0 Å². The standard InChI is InChI=1S/C9H18N2O3/c1-3-5-10-8(12)6-11(4-2)7-9(13)14/h3-7H2,1-2H3,(H,10,12)(H,13,14). The number of aliphatic carboxylic acids is 1. The fraction of sp³-hybridized carbons (Fsp3) is 0.778. The maximum atomic E-state index is 11.2. The predicted octanol–water partition coefficient (Wildman–Crippen LogP) is -0.0809. The van der Waals surface area contributed by atoms with Crippen molar-refractivity contribution in [2.45, 2.75) is 20.3 Å². The summed E-state index contributed by atoms with van der Waals surface area (Å²) in [6.07, 6.45) is 0.886. The van der Waals surface area contributed by atoms with E-state index in [0.29, 0.717) is 13.1 Å². The van der Waals surface area contributed by atoms with Crippen molar-refractivity contribution in [1.82, 2.24) is 10.2 Å². The van der Waals surface area contributed by atoms with E-state index >= 15 is 0 Å². The van der Waals surface area contributed by atoms with Crippen LogP contribution in [-0.2, 0) is 9.59 Å². The predicted molar refractivity (Wildman–Crippen MR) is 53.1 cm³/mol. The number of amides is 1. The van der Waals surface area contributed by atoms with Gasteiger partial charge in [0.25, 0.3) is 0 Å². The number of likely N-dealkylation sites (N-methyl/N-ethyl adjacent to an activating group) is 1. The summed E-state index contributed by atoms with van der Waals surface area (Å²) >= 11 is 0. The second-order valence-electron chi connectivity index (χ2n) is 3.05. The highest BCUT2D eigenvalue weighted by Crippen LogP contribution is 1.87. The van der Waals surface area contributed by atoms with Crippen molar-refractivity contribution in [3.05, 3.63) is 0 Å². The Kier molecular flexibility index (Phi) is 6.74. The molecule has 2 N–H and O–H groups in total. The smallest absolute Gasteiger partial charge is 0.317 e. The Balaban J connectivity index is 3.80. The lowest BCUT2D eigenvalue weighted by atomic mass is 10.4. The zero-order chi connectivity index (χ0) is 11.0. The molecule has 1 amide bonds. The highest BCUT2D eigenvalue weighted by Gasteiger charge is 2.11. The van der Waals surface area contributed by atoms with Gasteiger partial charge in [0.15, 0.2) is 0 Å². The van der Waals surface area contributed by atoms with E-state index in [9.17, 15) is 9.59 Å². The molecule has 0 saturated heterocycles. The summed E-state index contributed by atoms with van der Waals surface area (Å²) in [5, 5.41) is 11.2. The van der Waals surface area contributed by atoms with Crippen LogP contribution in [0.5, 0.6) is 0 Å². The summed E-state index contributed by atoms with van der Waals surface area (Å²) < 4.78 is 0. The van der Waals surface area contributed by atoms with E-state index in [1.807, 2.05) is 13.8 Å². The van der Waals surface area contributed by atoms with Crippen LogP contribution >= 0.6 is 0 Å². The quantitative estimate of drug-likeness (QED) is 0.606. The lowest BCUT2D eigenvalue weighted by Gasteiger charge is -2.16. The molecule has 0 aliphatic carbocycles. The molecule has 0 aromatic heterocycles. The maximum Gasteiger partial charge on any atom is 0.317 e. The second kappa shape index (κ2) is 7.32. The fourth-order valence-corrected chi connectivity index (χ4v) is 0.994. The van der Waals surface area contributed by atoms with Gasteiger partial charge in [0.1, 0.15) is 0 Å². The first-order valence-corrected chi connectivity index (χ1v) is 4.81. The molecule has 0 saturated carbocycles. The number of hydrogen-bond acceptors (Lipinski definition) is 3. The zero-order valence-corrected chi connectivity index (χ0v) is 8.75. The van der Waals surface area contributed by atoms with Gasteiger partial charge in [-0.05, 0) is 13.0 Å². The summed E-state index contributed by atoms with van der Waals surface area (Å²) in [5.74, 6) is -1.02. The molecular weight excluding hydrogens is 184 g/mol. The van der Waals surface area contributed by atoms with Crippen LogP contribution in [0.25, 0.3) is 0 Å². The SMILES string of the molecule is CCCNC(=O)CN(CC)CC(=O)O. The van der Waals surface area contributed by atoms with Crippen LogP contribution < -0.4 is 5.32 Å². The Bertz CT molecular complexity index is 194. The summed E-state index contributed by atoms with van der Waals surface area (Å²) in [5.41, 5.74) is 0. The average Bonchev–Trinajstić information content (AvgIpc) is 2.12. The Morgan fingerprint density at radius 1 is 1.29 bits per heavy atom. The van der Waals surface area contributed by atoms with Crippen molar-refractivity contribution in [2.75, 3.05) is 26.2 Å². The molecule has 14 heavy (non-hydrogen) atoms. The Morgan fingerprint density at radius 3 is 2.36 bits per heavy atom. The van der Waals surface area contributed by atoms with Gasteiger partial charge in [-0.1, -0.05) is 13.8 Å². The first-order valence-electron chi connectivity index (χ1n) is 4.81. The van der Waals surface area contributed by atoms with Crippen LogP contribution in [0.15, 0.2) is 0 Å². The first-order chi connectivity index (χ1) is 6.60. The van der Waals surface area contributed by atoms with E-state index in [0.717, 1.165) is 6.42 Å². The first kappa shape index (κ1) is 12.9. The van der Waals surface area contributed by atoms with E-state index < -0.39 is 5.97 Å².